The molecule has 1 rings (SSSR count). The molecule has 72 valence electrons. The van der Waals surface area contributed by atoms with Gasteiger partial charge in [0.25, 0.3) is 0 Å². The molecule has 0 aliphatic carbocycles. The monoisotopic (exact) mass is 192 g/mol. The molecule has 2 unspecified atom stereocenters. The van der Waals surface area contributed by atoms with Crippen LogP contribution in [0.15, 0.2) is 0 Å². The Balaban J connectivity index is 2.46. The Bertz CT molecular complexity index is 147. The topological polar surface area (TPSA) is 18.5 Å². The second kappa shape index (κ2) is 3.95. The molecule has 0 radical (unpaired) electrons. The molecule has 0 N–H and O–H groups in total. The molecule has 0 aromatic rings. The average Bonchev–Trinajstić information content (AvgIpc) is 1.82. The fraction of sp³-hybridized carbons (Fsp3) is 1.00. The minimum atomic E-state index is -0.110. The molecular formula is C9H17ClO2. The van der Waals surface area contributed by atoms with E-state index in [1.165, 1.54) is 0 Å². The van der Waals surface area contributed by atoms with Gasteiger partial charge in [-0.25, -0.2) is 0 Å². The molecule has 0 amide bonds. The third kappa shape index (κ3) is 2.92. The molecule has 0 aromatic carbocycles. The standard InChI is InChI=1S/C9H17ClO2/c1-7-6-9(2,3)12-8(11-7)4-5-10/h7-8H,4-6H2,1-3H3. The summed E-state index contributed by atoms with van der Waals surface area (Å²) in [6.07, 6.45) is 1.89. The van der Waals surface area contributed by atoms with E-state index in [2.05, 4.69) is 20.8 Å². The third-order valence-corrected chi connectivity index (χ3v) is 2.18. The first-order valence-corrected chi connectivity index (χ1v) is 4.96. The molecule has 0 aromatic heterocycles. The first-order chi connectivity index (χ1) is 5.53. The van der Waals surface area contributed by atoms with Crippen LogP contribution in [0.25, 0.3) is 0 Å². The first-order valence-electron chi connectivity index (χ1n) is 4.43. The molecule has 0 spiro atoms. The van der Waals surface area contributed by atoms with Crippen LogP contribution in [0.1, 0.15) is 33.6 Å². The van der Waals surface area contributed by atoms with Crippen LogP contribution in [0.2, 0.25) is 0 Å². The molecule has 1 saturated heterocycles. The lowest BCUT2D eigenvalue weighted by Crippen LogP contribution is -2.43. The van der Waals surface area contributed by atoms with Gasteiger partial charge in [0.15, 0.2) is 6.29 Å². The SMILES string of the molecule is CC1CC(C)(C)OC(CCCl)O1. The molecule has 1 aliphatic rings. The van der Waals surface area contributed by atoms with Gasteiger partial charge < -0.3 is 9.47 Å². The lowest BCUT2D eigenvalue weighted by Gasteiger charge is -2.39. The molecule has 1 heterocycles. The van der Waals surface area contributed by atoms with Crippen LogP contribution in [0, 0.1) is 0 Å². The van der Waals surface area contributed by atoms with Gasteiger partial charge in [-0.05, 0) is 20.8 Å². The highest BCUT2D eigenvalue weighted by atomic mass is 35.5. The van der Waals surface area contributed by atoms with Crippen molar-refractivity contribution in [1.82, 2.24) is 0 Å². The van der Waals surface area contributed by atoms with Crippen molar-refractivity contribution in [2.45, 2.75) is 51.6 Å². The number of hydrogen-bond donors (Lipinski definition) is 0. The van der Waals surface area contributed by atoms with Crippen molar-refractivity contribution in [1.29, 1.82) is 0 Å². The molecule has 2 atom stereocenters. The van der Waals surface area contributed by atoms with Gasteiger partial charge in [-0.15, -0.1) is 11.6 Å². The van der Waals surface area contributed by atoms with E-state index < -0.39 is 0 Å². The average molecular weight is 193 g/mol. The summed E-state index contributed by atoms with van der Waals surface area (Å²) < 4.78 is 11.2. The first kappa shape index (κ1) is 10.3. The molecule has 2 nitrogen and oxygen atoms in total. The van der Waals surface area contributed by atoms with Gasteiger partial charge in [-0.2, -0.15) is 0 Å². The number of hydrogen-bond acceptors (Lipinski definition) is 2. The summed E-state index contributed by atoms with van der Waals surface area (Å²) in [5.74, 6) is 0.591. The van der Waals surface area contributed by atoms with Gasteiger partial charge in [0.2, 0.25) is 0 Å². The fourth-order valence-electron chi connectivity index (χ4n) is 1.65. The summed E-state index contributed by atoms with van der Waals surface area (Å²) in [6, 6.07) is 0. The van der Waals surface area contributed by atoms with Crippen molar-refractivity contribution < 1.29 is 9.47 Å². The summed E-state index contributed by atoms with van der Waals surface area (Å²) in [7, 11) is 0. The van der Waals surface area contributed by atoms with Crippen LogP contribution in [0.3, 0.4) is 0 Å². The van der Waals surface area contributed by atoms with E-state index in [0.29, 0.717) is 5.88 Å². The zero-order valence-corrected chi connectivity index (χ0v) is 8.73. The number of alkyl halides is 1. The zero-order valence-electron chi connectivity index (χ0n) is 7.97. The molecule has 12 heavy (non-hydrogen) atoms. The second-order valence-electron chi connectivity index (χ2n) is 3.94. The Hall–Kier alpha value is 0.210. The van der Waals surface area contributed by atoms with Crippen molar-refractivity contribution in [2.75, 3.05) is 5.88 Å². The Labute approximate surface area is 79.2 Å². The third-order valence-electron chi connectivity index (χ3n) is 1.96. The molecule has 3 heteroatoms. The largest absolute Gasteiger partial charge is 0.350 e. The number of ether oxygens (including phenoxy) is 2. The molecule has 0 saturated carbocycles. The zero-order chi connectivity index (χ0) is 9.19. The van der Waals surface area contributed by atoms with Crippen molar-refractivity contribution in [3.05, 3.63) is 0 Å². The maximum atomic E-state index is 5.68. The van der Waals surface area contributed by atoms with E-state index in [4.69, 9.17) is 21.1 Å². The van der Waals surface area contributed by atoms with E-state index in [9.17, 15) is 0 Å². The van der Waals surface area contributed by atoms with Gasteiger partial charge in [0.1, 0.15) is 0 Å². The van der Waals surface area contributed by atoms with Crippen molar-refractivity contribution in [3.63, 3.8) is 0 Å². The maximum absolute atomic E-state index is 5.68. The van der Waals surface area contributed by atoms with Crippen molar-refractivity contribution >= 4 is 11.6 Å². The van der Waals surface area contributed by atoms with Crippen LogP contribution >= 0.6 is 11.6 Å². The maximum Gasteiger partial charge on any atom is 0.159 e. The molecular weight excluding hydrogens is 176 g/mol. The van der Waals surface area contributed by atoms with Crippen LogP contribution < -0.4 is 0 Å². The Morgan fingerprint density at radius 2 is 2.17 bits per heavy atom. The van der Waals surface area contributed by atoms with Crippen LogP contribution in [-0.2, 0) is 9.47 Å². The normalized spacial score (nSPS) is 35.0. The van der Waals surface area contributed by atoms with Crippen LogP contribution in [0.4, 0.5) is 0 Å². The molecule has 1 aliphatic heterocycles. The van der Waals surface area contributed by atoms with Gasteiger partial charge in [0, 0.05) is 18.7 Å². The van der Waals surface area contributed by atoms with E-state index in [1.54, 1.807) is 0 Å². The van der Waals surface area contributed by atoms with Gasteiger partial charge in [-0.3, -0.25) is 0 Å². The van der Waals surface area contributed by atoms with Crippen LogP contribution in [0.5, 0.6) is 0 Å². The number of halogens is 1. The highest BCUT2D eigenvalue weighted by Crippen LogP contribution is 2.28. The lowest BCUT2D eigenvalue weighted by molar-refractivity contribution is -0.268. The smallest absolute Gasteiger partial charge is 0.159 e. The Morgan fingerprint density at radius 1 is 1.50 bits per heavy atom. The summed E-state index contributed by atoms with van der Waals surface area (Å²) in [6.45, 7) is 6.26. The predicted octanol–water partition coefficient (Wildman–Crippen LogP) is 2.55. The minimum absolute atomic E-state index is 0.0611. The van der Waals surface area contributed by atoms with Crippen molar-refractivity contribution in [2.24, 2.45) is 0 Å². The Kier molecular flexibility index (Phi) is 3.38. The summed E-state index contributed by atoms with van der Waals surface area (Å²) in [5.41, 5.74) is -0.0611. The summed E-state index contributed by atoms with van der Waals surface area (Å²) in [4.78, 5) is 0. The Morgan fingerprint density at radius 3 is 2.67 bits per heavy atom. The quantitative estimate of drug-likeness (QED) is 0.627. The van der Waals surface area contributed by atoms with Crippen molar-refractivity contribution in [3.8, 4) is 0 Å². The van der Waals surface area contributed by atoms with Gasteiger partial charge in [-0.1, -0.05) is 0 Å². The minimum Gasteiger partial charge on any atom is -0.350 e. The summed E-state index contributed by atoms with van der Waals surface area (Å²) in [5, 5.41) is 0. The van der Waals surface area contributed by atoms with E-state index in [-0.39, 0.29) is 18.0 Å². The number of rotatable bonds is 2. The van der Waals surface area contributed by atoms with E-state index >= 15 is 0 Å². The predicted molar refractivity (Wildman–Crippen MR) is 49.5 cm³/mol. The highest BCUT2D eigenvalue weighted by molar-refractivity contribution is 6.17. The highest BCUT2D eigenvalue weighted by Gasteiger charge is 2.32. The fourth-order valence-corrected chi connectivity index (χ4v) is 1.83. The molecule has 1 fully saturated rings. The second-order valence-corrected chi connectivity index (χ2v) is 4.31. The van der Waals surface area contributed by atoms with Crippen LogP contribution in [-0.4, -0.2) is 23.9 Å². The lowest BCUT2D eigenvalue weighted by atomic mass is 10.00. The molecule has 0 bridgehead atoms. The summed E-state index contributed by atoms with van der Waals surface area (Å²) >= 11 is 5.62. The van der Waals surface area contributed by atoms with E-state index in [0.717, 1.165) is 12.8 Å². The van der Waals surface area contributed by atoms with Gasteiger partial charge >= 0.3 is 0 Å². The van der Waals surface area contributed by atoms with Gasteiger partial charge in [0.05, 0.1) is 11.7 Å². The van der Waals surface area contributed by atoms with E-state index in [1.807, 2.05) is 0 Å².